The fourth-order valence-electron chi connectivity index (χ4n) is 2.18. The number of nitrogens with zero attached hydrogens (tertiary/aromatic N) is 1. The van der Waals surface area contributed by atoms with E-state index in [2.05, 4.69) is 34.3 Å². The molecule has 5 heteroatoms. The number of aryl methyl sites for hydroxylation is 1. The summed E-state index contributed by atoms with van der Waals surface area (Å²) in [5.74, 6) is 0. The molecule has 2 unspecified atom stereocenters. The van der Waals surface area contributed by atoms with E-state index in [1.54, 1.807) is 11.8 Å². The number of benzene rings is 1. The average Bonchev–Trinajstić information content (AvgIpc) is 2.39. The maximum Gasteiger partial charge on any atom is 0.251 e. The van der Waals surface area contributed by atoms with Gasteiger partial charge in [0.25, 0.3) is 5.56 Å². The van der Waals surface area contributed by atoms with Gasteiger partial charge in [0.15, 0.2) is 5.16 Å². The molecule has 0 aliphatic heterocycles. The molecule has 0 radical (unpaired) electrons. The standard InChI is InChI=1S/C15H19N3OS/c1-10-9-13(19)18-15(17-10)20-11(2)14(16-3)12-7-5-4-6-8-12/h4-9,11,14,16H,1-3H3,(H,17,18,19). The zero-order chi connectivity index (χ0) is 14.5. The van der Waals surface area contributed by atoms with E-state index in [9.17, 15) is 4.79 Å². The molecule has 0 aliphatic carbocycles. The van der Waals surface area contributed by atoms with Gasteiger partial charge in [-0.25, -0.2) is 4.98 Å². The van der Waals surface area contributed by atoms with Crippen molar-refractivity contribution in [1.82, 2.24) is 15.3 Å². The largest absolute Gasteiger partial charge is 0.312 e. The number of hydrogen-bond acceptors (Lipinski definition) is 4. The Morgan fingerprint density at radius 2 is 2.00 bits per heavy atom. The number of nitrogens with one attached hydrogen (secondary N) is 2. The monoisotopic (exact) mass is 289 g/mol. The molecule has 2 rings (SSSR count). The van der Waals surface area contributed by atoms with Crippen molar-refractivity contribution in [2.75, 3.05) is 7.05 Å². The Kier molecular flexibility index (Phi) is 4.98. The van der Waals surface area contributed by atoms with Crippen LogP contribution in [-0.2, 0) is 0 Å². The van der Waals surface area contributed by atoms with Crippen molar-refractivity contribution < 1.29 is 0 Å². The zero-order valence-electron chi connectivity index (χ0n) is 11.9. The van der Waals surface area contributed by atoms with Gasteiger partial charge in [-0.2, -0.15) is 0 Å². The molecule has 1 heterocycles. The summed E-state index contributed by atoms with van der Waals surface area (Å²) in [6, 6.07) is 12.0. The smallest absolute Gasteiger partial charge is 0.251 e. The summed E-state index contributed by atoms with van der Waals surface area (Å²) in [5, 5.41) is 4.24. The number of aromatic amines is 1. The van der Waals surface area contributed by atoms with Gasteiger partial charge in [0.1, 0.15) is 0 Å². The third kappa shape index (κ3) is 3.71. The van der Waals surface area contributed by atoms with Gasteiger partial charge in [0.2, 0.25) is 0 Å². The highest BCUT2D eigenvalue weighted by molar-refractivity contribution is 7.99. The number of aromatic nitrogens is 2. The van der Waals surface area contributed by atoms with E-state index in [-0.39, 0.29) is 16.9 Å². The molecule has 0 amide bonds. The van der Waals surface area contributed by atoms with E-state index >= 15 is 0 Å². The normalized spacial score (nSPS) is 13.9. The Balaban J connectivity index is 2.17. The molecule has 0 fully saturated rings. The first-order chi connectivity index (χ1) is 9.60. The van der Waals surface area contributed by atoms with Crippen LogP contribution in [0.3, 0.4) is 0 Å². The summed E-state index contributed by atoms with van der Waals surface area (Å²) >= 11 is 1.57. The molecule has 0 saturated carbocycles. The lowest BCUT2D eigenvalue weighted by atomic mass is 10.0. The Morgan fingerprint density at radius 1 is 1.30 bits per heavy atom. The van der Waals surface area contributed by atoms with Crippen LogP contribution >= 0.6 is 11.8 Å². The van der Waals surface area contributed by atoms with Crippen molar-refractivity contribution in [2.45, 2.75) is 30.3 Å². The summed E-state index contributed by atoms with van der Waals surface area (Å²) < 4.78 is 0. The van der Waals surface area contributed by atoms with Crippen molar-refractivity contribution in [3.8, 4) is 0 Å². The molecule has 106 valence electrons. The van der Waals surface area contributed by atoms with Crippen LogP contribution in [0.2, 0.25) is 0 Å². The van der Waals surface area contributed by atoms with Gasteiger partial charge in [-0.3, -0.25) is 4.79 Å². The Bertz CT molecular complexity index is 612. The van der Waals surface area contributed by atoms with Gasteiger partial charge >= 0.3 is 0 Å². The molecule has 4 nitrogen and oxygen atoms in total. The minimum Gasteiger partial charge on any atom is -0.312 e. The van der Waals surface area contributed by atoms with E-state index < -0.39 is 0 Å². The van der Waals surface area contributed by atoms with Gasteiger partial charge in [-0.15, -0.1) is 0 Å². The van der Waals surface area contributed by atoms with Crippen molar-refractivity contribution in [1.29, 1.82) is 0 Å². The second kappa shape index (κ2) is 6.72. The van der Waals surface area contributed by atoms with Crippen molar-refractivity contribution >= 4 is 11.8 Å². The number of H-pyrrole nitrogens is 1. The molecule has 2 atom stereocenters. The van der Waals surface area contributed by atoms with E-state index in [1.807, 2.05) is 32.2 Å². The first-order valence-electron chi connectivity index (χ1n) is 6.57. The summed E-state index contributed by atoms with van der Waals surface area (Å²) in [5.41, 5.74) is 1.86. The summed E-state index contributed by atoms with van der Waals surface area (Å²) in [4.78, 5) is 18.6. The predicted octanol–water partition coefficient (Wildman–Crippen LogP) is 2.52. The van der Waals surface area contributed by atoms with Gasteiger partial charge in [0, 0.05) is 23.1 Å². The average molecular weight is 289 g/mol. The van der Waals surface area contributed by atoms with Crippen LogP contribution in [0.25, 0.3) is 0 Å². The van der Waals surface area contributed by atoms with Crippen molar-refractivity contribution in [2.24, 2.45) is 0 Å². The Labute approximate surface area is 123 Å². The fraction of sp³-hybridized carbons (Fsp3) is 0.333. The van der Waals surface area contributed by atoms with Crippen LogP contribution in [0.4, 0.5) is 0 Å². The summed E-state index contributed by atoms with van der Waals surface area (Å²) in [6.07, 6.45) is 0. The highest BCUT2D eigenvalue weighted by Crippen LogP contribution is 2.29. The van der Waals surface area contributed by atoms with E-state index in [0.29, 0.717) is 5.16 Å². The van der Waals surface area contributed by atoms with Gasteiger partial charge in [-0.1, -0.05) is 49.0 Å². The quantitative estimate of drug-likeness (QED) is 0.656. The van der Waals surface area contributed by atoms with Crippen LogP contribution in [0.5, 0.6) is 0 Å². The molecule has 1 aromatic heterocycles. The van der Waals surface area contributed by atoms with E-state index in [4.69, 9.17) is 0 Å². The maximum absolute atomic E-state index is 11.5. The third-order valence-corrected chi connectivity index (χ3v) is 4.15. The predicted molar refractivity (Wildman–Crippen MR) is 83.2 cm³/mol. The van der Waals surface area contributed by atoms with Crippen LogP contribution in [0.1, 0.15) is 24.2 Å². The molecule has 20 heavy (non-hydrogen) atoms. The lowest BCUT2D eigenvalue weighted by molar-refractivity contribution is 0.588. The van der Waals surface area contributed by atoms with E-state index in [0.717, 1.165) is 5.69 Å². The summed E-state index contributed by atoms with van der Waals surface area (Å²) in [7, 11) is 1.95. The van der Waals surface area contributed by atoms with Crippen LogP contribution < -0.4 is 10.9 Å². The van der Waals surface area contributed by atoms with Crippen LogP contribution in [0.15, 0.2) is 46.3 Å². The number of hydrogen-bond donors (Lipinski definition) is 2. The van der Waals surface area contributed by atoms with Crippen LogP contribution in [-0.4, -0.2) is 22.3 Å². The lowest BCUT2D eigenvalue weighted by Gasteiger charge is -2.23. The second-order valence-electron chi connectivity index (χ2n) is 4.69. The Morgan fingerprint density at radius 3 is 2.60 bits per heavy atom. The number of thioether (sulfide) groups is 1. The molecule has 2 aromatic rings. The maximum atomic E-state index is 11.5. The molecule has 0 spiro atoms. The second-order valence-corrected chi connectivity index (χ2v) is 6.06. The lowest BCUT2D eigenvalue weighted by Crippen LogP contribution is -2.25. The molecular weight excluding hydrogens is 270 g/mol. The van der Waals surface area contributed by atoms with Crippen molar-refractivity contribution in [3.63, 3.8) is 0 Å². The SMILES string of the molecule is CNC(c1ccccc1)C(C)Sc1nc(C)cc(=O)[nH]1. The zero-order valence-corrected chi connectivity index (χ0v) is 12.7. The highest BCUT2D eigenvalue weighted by atomic mass is 32.2. The summed E-state index contributed by atoms with van der Waals surface area (Å²) in [6.45, 7) is 3.96. The molecular formula is C15H19N3OS. The van der Waals surface area contributed by atoms with Gasteiger partial charge in [0.05, 0.1) is 0 Å². The molecule has 0 bridgehead atoms. The number of rotatable bonds is 5. The van der Waals surface area contributed by atoms with E-state index in [1.165, 1.54) is 11.6 Å². The third-order valence-electron chi connectivity index (χ3n) is 3.08. The van der Waals surface area contributed by atoms with Gasteiger partial charge < -0.3 is 10.3 Å². The minimum absolute atomic E-state index is 0.104. The molecule has 0 aliphatic rings. The topological polar surface area (TPSA) is 57.8 Å². The molecule has 1 aromatic carbocycles. The molecule has 0 saturated heterocycles. The first kappa shape index (κ1) is 14.8. The fourth-order valence-corrected chi connectivity index (χ4v) is 3.32. The molecule has 2 N–H and O–H groups in total. The van der Waals surface area contributed by atoms with Crippen molar-refractivity contribution in [3.05, 3.63) is 58.0 Å². The minimum atomic E-state index is -0.104. The first-order valence-corrected chi connectivity index (χ1v) is 7.45. The highest BCUT2D eigenvalue weighted by Gasteiger charge is 2.19. The Hall–Kier alpha value is -1.59. The van der Waals surface area contributed by atoms with Crippen LogP contribution in [0, 0.1) is 6.92 Å². The van der Waals surface area contributed by atoms with Gasteiger partial charge in [-0.05, 0) is 19.5 Å².